The Morgan fingerprint density at radius 2 is 2.26 bits per heavy atom. The third-order valence-electron chi connectivity index (χ3n) is 2.85. The van der Waals surface area contributed by atoms with Gasteiger partial charge in [0.1, 0.15) is 6.04 Å². The number of nitrogens with one attached hydrogen (secondary N) is 1. The van der Waals surface area contributed by atoms with Gasteiger partial charge in [0.05, 0.1) is 5.37 Å². The zero-order chi connectivity index (χ0) is 14.3. The van der Waals surface area contributed by atoms with Crippen LogP contribution in [0.1, 0.15) is 33.1 Å². The molecule has 0 saturated carbocycles. The van der Waals surface area contributed by atoms with E-state index in [2.05, 4.69) is 17.2 Å². The summed E-state index contributed by atoms with van der Waals surface area (Å²) in [5, 5.41) is 11.9. The maximum atomic E-state index is 12.1. The van der Waals surface area contributed by atoms with Gasteiger partial charge in [-0.1, -0.05) is 13.3 Å². The summed E-state index contributed by atoms with van der Waals surface area (Å²) in [5.41, 5.74) is 0. The number of carbonyl (C=O) groups is 2. The summed E-state index contributed by atoms with van der Waals surface area (Å²) < 4.78 is 0. The highest BCUT2D eigenvalue weighted by atomic mass is 32.2. The molecule has 0 spiro atoms. The Morgan fingerprint density at radius 1 is 1.53 bits per heavy atom. The first-order chi connectivity index (χ1) is 9.11. The molecule has 1 aliphatic heterocycles. The number of hydrogen-bond acceptors (Lipinski definition) is 3. The molecular formula is C13H20N2O3S. The standard InChI is InChI=1S/C13H20N2O3S/c1-3-5-6-8-14-13(18)15-10(12(16)17)9-19-11(15)7-4-2/h10-11H,4,6-9H2,1-2H3,(H,14,18)(H,16,17). The van der Waals surface area contributed by atoms with E-state index in [1.54, 1.807) is 6.92 Å². The van der Waals surface area contributed by atoms with Crippen molar-refractivity contribution in [2.24, 2.45) is 0 Å². The van der Waals surface area contributed by atoms with Crippen LogP contribution in [0.25, 0.3) is 0 Å². The second kappa shape index (κ2) is 7.95. The first kappa shape index (κ1) is 15.7. The number of carboxylic acid groups (broad SMARTS) is 1. The van der Waals surface area contributed by atoms with E-state index in [0.717, 1.165) is 12.8 Å². The Labute approximate surface area is 118 Å². The summed E-state index contributed by atoms with van der Waals surface area (Å²) in [6.45, 7) is 4.23. The van der Waals surface area contributed by atoms with E-state index >= 15 is 0 Å². The number of carboxylic acids is 1. The van der Waals surface area contributed by atoms with Gasteiger partial charge in [0.2, 0.25) is 0 Å². The van der Waals surface area contributed by atoms with Gasteiger partial charge >= 0.3 is 12.0 Å². The van der Waals surface area contributed by atoms with Gasteiger partial charge in [-0.05, 0) is 13.3 Å². The fourth-order valence-electron chi connectivity index (χ4n) is 1.94. The molecule has 1 aliphatic rings. The SMILES string of the molecule is CC#CCCNC(=O)N1C(CCC)SCC1C(=O)O. The first-order valence-electron chi connectivity index (χ1n) is 6.42. The fourth-order valence-corrected chi connectivity index (χ4v) is 3.46. The number of thioether (sulfide) groups is 1. The van der Waals surface area contributed by atoms with Crippen LogP contribution < -0.4 is 5.32 Å². The van der Waals surface area contributed by atoms with E-state index in [1.807, 2.05) is 6.92 Å². The number of urea groups is 1. The molecule has 2 amide bonds. The van der Waals surface area contributed by atoms with Crippen LogP contribution in [0.5, 0.6) is 0 Å². The lowest BCUT2D eigenvalue weighted by Crippen LogP contribution is -2.50. The van der Waals surface area contributed by atoms with Gasteiger partial charge in [-0.15, -0.1) is 23.6 Å². The third kappa shape index (κ3) is 4.35. The van der Waals surface area contributed by atoms with Crippen LogP contribution in [-0.4, -0.2) is 45.7 Å². The smallest absolute Gasteiger partial charge is 0.327 e. The van der Waals surface area contributed by atoms with Crippen molar-refractivity contribution in [3.05, 3.63) is 0 Å². The van der Waals surface area contributed by atoms with Crippen LogP contribution in [0.3, 0.4) is 0 Å². The summed E-state index contributed by atoms with van der Waals surface area (Å²) in [6, 6.07) is -1.02. The molecule has 0 aromatic heterocycles. The van der Waals surface area contributed by atoms with Gasteiger partial charge in [0.15, 0.2) is 0 Å². The normalized spacial score (nSPS) is 21.7. The van der Waals surface area contributed by atoms with E-state index in [0.29, 0.717) is 18.7 Å². The average molecular weight is 284 g/mol. The molecular weight excluding hydrogens is 264 g/mol. The summed E-state index contributed by atoms with van der Waals surface area (Å²) in [5.74, 6) is 5.14. The molecule has 0 bridgehead atoms. The lowest BCUT2D eigenvalue weighted by Gasteiger charge is -2.27. The van der Waals surface area contributed by atoms with Gasteiger partial charge in [0, 0.05) is 18.7 Å². The van der Waals surface area contributed by atoms with Crippen molar-refractivity contribution in [2.75, 3.05) is 12.3 Å². The minimum absolute atomic E-state index is 0.0386. The van der Waals surface area contributed by atoms with Crippen LogP contribution in [-0.2, 0) is 4.79 Å². The van der Waals surface area contributed by atoms with E-state index < -0.39 is 12.0 Å². The summed E-state index contributed by atoms with van der Waals surface area (Å²) >= 11 is 1.54. The molecule has 5 nitrogen and oxygen atoms in total. The third-order valence-corrected chi connectivity index (χ3v) is 4.21. The van der Waals surface area contributed by atoms with Crippen molar-refractivity contribution in [3.63, 3.8) is 0 Å². The van der Waals surface area contributed by atoms with Crippen molar-refractivity contribution in [1.29, 1.82) is 0 Å². The fraction of sp³-hybridized carbons (Fsp3) is 0.692. The van der Waals surface area contributed by atoms with Gasteiger partial charge < -0.3 is 10.4 Å². The van der Waals surface area contributed by atoms with Gasteiger partial charge in [0.25, 0.3) is 0 Å². The van der Waals surface area contributed by atoms with Crippen LogP contribution in [0.4, 0.5) is 4.79 Å². The number of amides is 2. The zero-order valence-electron chi connectivity index (χ0n) is 11.3. The van der Waals surface area contributed by atoms with Crippen LogP contribution >= 0.6 is 11.8 Å². The largest absolute Gasteiger partial charge is 0.480 e. The highest BCUT2D eigenvalue weighted by molar-refractivity contribution is 8.00. The molecule has 1 rings (SSSR count). The summed E-state index contributed by atoms with van der Waals surface area (Å²) in [7, 11) is 0. The van der Waals surface area contributed by atoms with E-state index in [4.69, 9.17) is 0 Å². The highest BCUT2D eigenvalue weighted by Gasteiger charge is 2.40. The van der Waals surface area contributed by atoms with Gasteiger partial charge in [-0.2, -0.15) is 0 Å². The molecule has 2 unspecified atom stereocenters. The van der Waals surface area contributed by atoms with Crippen molar-refractivity contribution in [3.8, 4) is 11.8 Å². The van der Waals surface area contributed by atoms with Crippen molar-refractivity contribution >= 4 is 23.8 Å². The molecule has 0 aromatic carbocycles. The molecule has 1 saturated heterocycles. The van der Waals surface area contributed by atoms with Crippen molar-refractivity contribution in [2.45, 2.75) is 44.5 Å². The van der Waals surface area contributed by atoms with Crippen molar-refractivity contribution in [1.82, 2.24) is 10.2 Å². The maximum Gasteiger partial charge on any atom is 0.327 e. The molecule has 0 radical (unpaired) electrons. The Kier molecular flexibility index (Phi) is 6.57. The molecule has 2 N–H and O–H groups in total. The molecule has 106 valence electrons. The quantitative estimate of drug-likeness (QED) is 0.596. The number of hydrogen-bond donors (Lipinski definition) is 2. The highest BCUT2D eigenvalue weighted by Crippen LogP contribution is 2.32. The summed E-state index contributed by atoms with van der Waals surface area (Å²) in [4.78, 5) is 24.8. The second-order valence-electron chi connectivity index (χ2n) is 4.25. The first-order valence-corrected chi connectivity index (χ1v) is 7.46. The van der Waals surface area contributed by atoms with Gasteiger partial charge in [-0.25, -0.2) is 9.59 Å². The predicted octanol–water partition coefficient (Wildman–Crippen LogP) is 1.74. The molecule has 0 aromatic rings. The molecule has 1 heterocycles. The Balaban J connectivity index is 2.62. The lowest BCUT2D eigenvalue weighted by atomic mass is 10.2. The monoisotopic (exact) mass is 284 g/mol. The number of rotatable bonds is 5. The zero-order valence-corrected chi connectivity index (χ0v) is 12.1. The molecule has 19 heavy (non-hydrogen) atoms. The minimum atomic E-state index is -0.936. The molecule has 6 heteroatoms. The Bertz CT molecular complexity index is 389. The number of carbonyl (C=O) groups excluding carboxylic acids is 1. The Hall–Kier alpha value is -1.35. The maximum absolute atomic E-state index is 12.1. The lowest BCUT2D eigenvalue weighted by molar-refractivity contribution is -0.141. The topological polar surface area (TPSA) is 69.6 Å². The molecule has 1 fully saturated rings. The van der Waals surface area contributed by atoms with E-state index in [9.17, 15) is 14.7 Å². The van der Waals surface area contributed by atoms with Crippen molar-refractivity contribution < 1.29 is 14.7 Å². The van der Waals surface area contributed by atoms with Crippen LogP contribution in [0.2, 0.25) is 0 Å². The Morgan fingerprint density at radius 3 is 2.84 bits per heavy atom. The van der Waals surface area contributed by atoms with Crippen LogP contribution in [0, 0.1) is 11.8 Å². The van der Waals surface area contributed by atoms with E-state index in [-0.39, 0.29) is 11.4 Å². The van der Waals surface area contributed by atoms with E-state index in [1.165, 1.54) is 16.7 Å². The van der Waals surface area contributed by atoms with Gasteiger partial charge in [-0.3, -0.25) is 4.90 Å². The molecule has 2 atom stereocenters. The predicted molar refractivity (Wildman–Crippen MR) is 75.9 cm³/mol. The summed E-state index contributed by atoms with van der Waals surface area (Å²) in [6.07, 6.45) is 2.32. The molecule has 0 aliphatic carbocycles. The second-order valence-corrected chi connectivity index (χ2v) is 5.46. The average Bonchev–Trinajstić information content (AvgIpc) is 2.79. The number of nitrogens with zero attached hydrogens (tertiary/aromatic N) is 1. The van der Waals surface area contributed by atoms with Crippen LogP contribution in [0.15, 0.2) is 0 Å². The number of aliphatic carboxylic acids is 1. The minimum Gasteiger partial charge on any atom is -0.480 e.